The van der Waals surface area contributed by atoms with E-state index >= 15 is 0 Å². The fourth-order valence-corrected chi connectivity index (χ4v) is 2.19. The Bertz CT molecular complexity index is 666. The number of benzene rings is 2. The summed E-state index contributed by atoms with van der Waals surface area (Å²) >= 11 is 5.64. The van der Waals surface area contributed by atoms with Crippen LogP contribution in [0.5, 0.6) is 0 Å². The Morgan fingerprint density at radius 3 is 2.52 bits per heavy atom. The third-order valence-electron chi connectivity index (χ3n) is 3.11. The minimum Gasteiger partial charge on any atom is -0.478 e. The second-order valence-electron chi connectivity index (χ2n) is 4.62. The fraction of sp³-hybridized carbons (Fsp3) is 0.118. The number of carboxylic acids is 1. The Kier molecular flexibility index (Phi) is 5.12. The van der Waals surface area contributed by atoms with Gasteiger partial charge in [-0.25, -0.2) is 9.18 Å². The number of carboxylic acid groups (broad SMARTS) is 1. The van der Waals surface area contributed by atoms with E-state index in [1.54, 1.807) is 6.07 Å². The summed E-state index contributed by atoms with van der Waals surface area (Å²) in [7, 11) is 0. The third-order valence-corrected chi connectivity index (χ3v) is 3.42. The first-order valence-electron chi connectivity index (χ1n) is 6.49. The number of hydrogen-bond donors (Lipinski definition) is 1. The van der Waals surface area contributed by atoms with Crippen LogP contribution in [-0.4, -0.2) is 11.1 Å². The summed E-state index contributed by atoms with van der Waals surface area (Å²) < 4.78 is 13.4. The van der Waals surface area contributed by atoms with Gasteiger partial charge in [-0.15, -0.1) is 0 Å². The highest BCUT2D eigenvalue weighted by molar-refractivity contribution is 6.30. The maximum atomic E-state index is 13.4. The number of carbonyl (C=O) groups is 1. The van der Waals surface area contributed by atoms with Gasteiger partial charge in [0.2, 0.25) is 0 Å². The summed E-state index contributed by atoms with van der Waals surface area (Å²) in [5, 5.41) is 9.06. The normalized spacial score (nSPS) is 11.4. The van der Waals surface area contributed by atoms with Gasteiger partial charge >= 0.3 is 5.97 Å². The predicted molar refractivity (Wildman–Crippen MR) is 81.8 cm³/mol. The quantitative estimate of drug-likeness (QED) is 0.821. The van der Waals surface area contributed by atoms with Crippen molar-refractivity contribution < 1.29 is 14.3 Å². The van der Waals surface area contributed by atoms with Crippen LogP contribution in [0.1, 0.15) is 17.5 Å². The second kappa shape index (κ2) is 7.04. The summed E-state index contributed by atoms with van der Waals surface area (Å²) in [5.74, 6) is -1.45. The molecule has 21 heavy (non-hydrogen) atoms. The lowest BCUT2D eigenvalue weighted by Crippen LogP contribution is -1.95. The first-order valence-corrected chi connectivity index (χ1v) is 6.87. The molecular formula is C17H14ClFO2. The van der Waals surface area contributed by atoms with Gasteiger partial charge in [0.15, 0.2) is 0 Å². The van der Waals surface area contributed by atoms with Crippen molar-refractivity contribution in [3.05, 3.63) is 76.6 Å². The maximum absolute atomic E-state index is 13.4. The van der Waals surface area contributed by atoms with Crippen LogP contribution in [0.2, 0.25) is 5.02 Å². The number of aliphatic carboxylic acids is 1. The van der Waals surface area contributed by atoms with Gasteiger partial charge in [-0.2, -0.15) is 0 Å². The molecule has 2 aromatic rings. The lowest BCUT2D eigenvalue weighted by atomic mass is 9.98. The van der Waals surface area contributed by atoms with Gasteiger partial charge in [0.25, 0.3) is 0 Å². The van der Waals surface area contributed by atoms with Crippen LogP contribution in [0.15, 0.2) is 54.6 Å². The Morgan fingerprint density at radius 1 is 1.19 bits per heavy atom. The molecule has 0 spiro atoms. The van der Waals surface area contributed by atoms with Crippen molar-refractivity contribution in [1.29, 1.82) is 0 Å². The molecule has 0 atom stereocenters. The van der Waals surface area contributed by atoms with E-state index < -0.39 is 11.8 Å². The molecule has 0 aliphatic carbocycles. The van der Waals surface area contributed by atoms with E-state index in [0.717, 1.165) is 11.1 Å². The molecule has 0 aliphatic rings. The highest BCUT2D eigenvalue weighted by Gasteiger charge is 2.06. The molecule has 0 bridgehead atoms. The van der Waals surface area contributed by atoms with Gasteiger partial charge in [0, 0.05) is 6.08 Å². The van der Waals surface area contributed by atoms with E-state index in [1.807, 2.05) is 30.3 Å². The Labute approximate surface area is 127 Å². The first-order chi connectivity index (χ1) is 10.1. The molecule has 0 heterocycles. The van der Waals surface area contributed by atoms with Crippen molar-refractivity contribution in [2.75, 3.05) is 0 Å². The van der Waals surface area contributed by atoms with Crippen LogP contribution in [0.25, 0.3) is 5.57 Å². The number of aryl methyl sites for hydroxylation is 1. The van der Waals surface area contributed by atoms with Gasteiger partial charge in [-0.05, 0) is 41.7 Å². The van der Waals surface area contributed by atoms with Crippen molar-refractivity contribution in [3.8, 4) is 0 Å². The van der Waals surface area contributed by atoms with E-state index in [0.29, 0.717) is 18.4 Å². The van der Waals surface area contributed by atoms with Crippen molar-refractivity contribution in [2.24, 2.45) is 0 Å². The highest BCUT2D eigenvalue weighted by atomic mass is 35.5. The molecule has 0 aromatic heterocycles. The molecule has 108 valence electrons. The summed E-state index contributed by atoms with van der Waals surface area (Å²) in [6.45, 7) is 0. The largest absolute Gasteiger partial charge is 0.478 e. The van der Waals surface area contributed by atoms with Gasteiger partial charge in [0.1, 0.15) is 5.82 Å². The minimum atomic E-state index is -0.990. The summed E-state index contributed by atoms with van der Waals surface area (Å²) in [6.07, 6.45) is 2.25. The Hall–Kier alpha value is -2.13. The molecule has 0 saturated carbocycles. The van der Waals surface area contributed by atoms with E-state index in [-0.39, 0.29) is 5.02 Å². The van der Waals surface area contributed by atoms with Gasteiger partial charge < -0.3 is 5.11 Å². The predicted octanol–water partition coefficient (Wildman–Crippen LogP) is 4.58. The highest BCUT2D eigenvalue weighted by Crippen LogP contribution is 2.22. The zero-order valence-corrected chi connectivity index (χ0v) is 12.0. The summed E-state index contributed by atoms with van der Waals surface area (Å²) in [5.41, 5.74) is 2.34. The van der Waals surface area contributed by atoms with Crippen LogP contribution < -0.4 is 0 Å². The lowest BCUT2D eigenvalue weighted by molar-refractivity contribution is -0.131. The summed E-state index contributed by atoms with van der Waals surface area (Å²) in [4.78, 5) is 10.9. The van der Waals surface area contributed by atoms with Crippen molar-refractivity contribution >= 4 is 23.1 Å². The smallest absolute Gasteiger partial charge is 0.328 e. The molecule has 0 unspecified atom stereocenters. The molecule has 0 amide bonds. The van der Waals surface area contributed by atoms with E-state index in [4.69, 9.17) is 16.7 Å². The molecule has 2 nitrogen and oxygen atoms in total. The van der Waals surface area contributed by atoms with Crippen LogP contribution >= 0.6 is 11.6 Å². The van der Waals surface area contributed by atoms with Gasteiger partial charge in [-0.3, -0.25) is 0 Å². The Morgan fingerprint density at radius 2 is 1.90 bits per heavy atom. The second-order valence-corrected chi connectivity index (χ2v) is 5.03. The number of halogens is 2. The van der Waals surface area contributed by atoms with E-state index in [9.17, 15) is 9.18 Å². The van der Waals surface area contributed by atoms with Crippen molar-refractivity contribution in [1.82, 2.24) is 0 Å². The number of hydrogen-bond acceptors (Lipinski definition) is 1. The van der Waals surface area contributed by atoms with Crippen molar-refractivity contribution in [2.45, 2.75) is 12.8 Å². The van der Waals surface area contributed by atoms with E-state index in [1.165, 1.54) is 18.2 Å². The number of rotatable bonds is 5. The summed E-state index contributed by atoms with van der Waals surface area (Å²) in [6, 6.07) is 13.9. The van der Waals surface area contributed by atoms with Crippen LogP contribution in [0.3, 0.4) is 0 Å². The Balaban J connectivity index is 2.17. The van der Waals surface area contributed by atoms with Crippen LogP contribution in [-0.2, 0) is 11.2 Å². The fourth-order valence-electron chi connectivity index (χ4n) is 2.08. The molecule has 4 heteroatoms. The minimum absolute atomic E-state index is 0.0862. The van der Waals surface area contributed by atoms with E-state index in [2.05, 4.69) is 0 Å². The molecule has 2 rings (SSSR count). The molecular weight excluding hydrogens is 291 g/mol. The van der Waals surface area contributed by atoms with Crippen molar-refractivity contribution in [3.63, 3.8) is 0 Å². The molecule has 1 N–H and O–H groups in total. The molecule has 2 aromatic carbocycles. The first kappa shape index (κ1) is 15.3. The molecule has 0 fully saturated rings. The molecule has 0 saturated heterocycles. The van der Waals surface area contributed by atoms with Crippen LogP contribution in [0.4, 0.5) is 4.39 Å². The SMILES string of the molecule is O=C(O)/C=C(/CCc1ccc(Cl)c(F)c1)c1ccccc1. The third kappa shape index (κ3) is 4.43. The zero-order valence-electron chi connectivity index (χ0n) is 11.2. The molecule has 0 aliphatic heterocycles. The lowest BCUT2D eigenvalue weighted by Gasteiger charge is -2.08. The van der Waals surface area contributed by atoms with Crippen LogP contribution in [0, 0.1) is 5.82 Å². The standard InChI is InChI=1S/C17H14ClFO2/c18-15-9-7-12(10-16(15)19)6-8-14(11-17(20)21)13-4-2-1-3-5-13/h1-5,7,9-11H,6,8H2,(H,20,21)/b14-11-. The maximum Gasteiger partial charge on any atom is 0.328 e. The molecule has 0 radical (unpaired) electrons. The topological polar surface area (TPSA) is 37.3 Å². The average Bonchev–Trinajstić information content (AvgIpc) is 2.47. The van der Waals surface area contributed by atoms with Gasteiger partial charge in [0.05, 0.1) is 5.02 Å². The average molecular weight is 305 g/mol. The monoisotopic (exact) mass is 304 g/mol. The zero-order chi connectivity index (χ0) is 15.2. The number of allylic oxidation sites excluding steroid dienone is 1. The van der Waals surface area contributed by atoms with Gasteiger partial charge in [-0.1, -0.05) is 48.0 Å².